The van der Waals surface area contributed by atoms with Crippen LogP contribution in [0.5, 0.6) is 0 Å². The number of carboxylic acids is 1. The fraction of sp³-hybridized carbons (Fsp3) is 0. The molecule has 0 aromatic carbocycles. The van der Waals surface area contributed by atoms with Gasteiger partial charge in [0.1, 0.15) is 0 Å². The summed E-state index contributed by atoms with van der Waals surface area (Å²) in [5.41, 5.74) is 6.88. The van der Waals surface area contributed by atoms with E-state index in [2.05, 4.69) is 15.1 Å². The summed E-state index contributed by atoms with van der Waals surface area (Å²) in [6.45, 7) is 0. The molecular weight excluding hydrogens is 246 g/mol. The molecule has 0 radical (unpaired) electrons. The van der Waals surface area contributed by atoms with Crippen LogP contribution >= 0.6 is 0 Å². The maximum atomic E-state index is 11.5. The van der Waals surface area contributed by atoms with Gasteiger partial charge in [0.05, 0.1) is 5.69 Å². The normalized spacial score (nSPS) is 10.7. The second kappa shape index (κ2) is 4.05. The number of carbonyl (C=O) groups is 1. The summed E-state index contributed by atoms with van der Waals surface area (Å²) in [5.74, 6) is -1.09. The van der Waals surface area contributed by atoms with Gasteiger partial charge in [-0.05, 0) is 24.3 Å². The number of hydrogen-bond donors (Lipinski definition) is 2. The number of fused-ring (bicyclic) bond motifs is 1. The molecule has 0 amide bonds. The minimum Gasteiger partial charge on any atom is -0.476 e. The monoisotopic (exact) mass is 255 g/mol. The minimum absolute atomic E-state index is 0.0135. The first-order chi connectivity index (χ1) is 9.16. The van der Waals surface area contributed by atoms with Gasteiger partial charge in [0, 0.05) is 11.8 Å². The third kappa shape index (κ3) is 1.77. The molecule has 0 saturated carbocycles. The first-order valence-corrected chi connectivity index (χ1v) is 5.47. The van der Waals surface area contributed by atoms with Gasteiger partial charge in [-0.3, -0.25) is 4.98 Å². The number of pyridine rings is 2. The van der Waals surface area contributed by atoms with Gasteiger partial charge in [-0.25, -0.2) is 9.31 Å². The fourth-order valence-corrected chi connectivity index (χ4v) is 1.90. The van der Waals surface area contributed by atoms with Crippen molar-refractivity contribution in [3.8, 4) is 11.3 Å². The molecule has 3 aromatic rings. The summed E-state index contributed by atoms with van der Waals surface area (Å²) in [6, 6.07) is 8.58. The third-order valence-electron chi connectivity index (χ3n) is 2.66. The molecule has 0 saturated heterocycles. The lowest BCUT2D eigenvalue weighted by atomic mass is 10.1. The summed E-state index contributed by atoms with van der Waals surface area (Å²) >= 11 is 0. The van der Waals surface area contributed by atoms with Gasteiger partial charge >= 0.3 is 5.97 Å². The van der Waals surface area contributed by atoms with Crippen LogP contribution in [-0.4, -0.2) is 30.7 Å². The topological polar surface area (TPSA) is 106 Å². The van der Waals surface area contributed by atoms with E-state index in [1.54, 1.807) is 36.5 Å². The lowest BCUT2D eigenvalue weighted by Crippen LogP contribution is -2.09. The second-order valence-corrected chi connectivity index (χ2v) is 3.86. The van der Waals surface area contributed by atoms with E-state index in [1.165, 1.54) is 4.52 Å². The molecule has 3 aromatic heterocycles. The van der Waals surface area contributed by atoms with Gasteiger partial charge in [0.2, 0.25) is 5.95 Å². The Labute approximate surface area is 107 Å². The van der Waals surface area contributed by atoms with E-state index in [0.29, 0.717) is 16.9 Å². The van der Waals surface area contributed by atoms with Crippen LogP contribution in [-0.2, 0) is 0 Å². The van der Waals surface area contributed by atoms with Crippen molar-refractivity contribution in [1.29, 1.82) is 0 Å². The molecule has 3 heterocycles. The maximum absolute atomic E-state index is 11.5. The number of rotatable bonds is 2. The Bertz CT molecular complexity index is 766. The van der Waals surface area contributed by atoms with Crippen LogP contribution in [0.3, 0.4) is 0 Å². The maximum Gasteiger partial charge on any atom is 0.355 e. The second-order valence-electron chi connectivity index (χ2n) is 3.86. The third-order valence-corrected chi connectivity index (χ3v) is 2.66. The van der Waals surface area contributed by atoms with Crippen molar-refractivity contribution in [3.05, 3.63) is 42.2 Å². The Morgan fingerprint density at radius 1 is 1.26 bits per heavy atom. The SMILES string of the molecule is Nc1nc2ccc(-c3ccccn3)c(C(=O)O)n2n1. The summed E-state index contributed by atoms with van der Waals surface area (Å²) < 4.78 is 1.21. The Hall–Kier alpha value is -2.96. The van der Waals surface area contributed by atoms with Crippen LogP contribution in [0.15, 0.2) is 36.5 Å². The summed E-state index contributed by atoms with van der Waals surface area (Å²) in [5, 5.41) is 13.3. The number of anilines is 1. The van der Waals surface area contributed by atoms with E-state index in [-0.39, 0.29) is 11.6 Å². The van der Waals surface area contributed by atoms with Crippen molar-refractivity contribution in [2.24, 2.45) is 0 Å². The zero-order valence-corrected chi connectivity index (χ0v) is 9.69. The summed E-state index contributed by atoms with van der Waals surface area (Å²) in [4.78, 5) is 19.5. The predicted octanol–water partition coefficient (Wildman–Crippen LogP) is 1.07. The van der Waals surface area contributed by atoms with Gasteiger partial charge in [-0.2, -0.15) is 4.98 Å². The average Bonchev–Trinajstić information content (AvgIpc) is 2.78. The van der Waals surface area contributed by atoms with E-state index in [0.717, 1.165) is 0 Å². The number of hydrogen-bond acceptors (Lipinski definition) is 5. The van der Waals surface area contributed by atoms with Crippen molar-refractivity contribution in [2.45, 2.75) is 0 Å². The number of nitrogens with zero attached hydrogens (tertiary/aromatic N) is 4. The van der Waals surface area contributed by atoms with E-state index >= 15 is 0 Å². The highest BCUT2D eigenvalue weighted by Gasteiger charge is 2.18. The van der Waals surface area contributed by atoms with Crippen LogP contribution in [0.4, 0.5) is 5.95 Å². The molecule has 0 spiro atoms. The fourth-order valence-electron chi connectivity index (χ4n) is 1.90. The molecule has 0 aliphatic carbocycles. The standard InChI is InChI=1S/C12H9N5O2/c13-12-15-9-5-4-7(8-3-1-2-6-14-8)10(11(18)19)17(9)16-12/h1-6H,(H2,13,16)(H,18,19). The van der Waals surface area contributed by atoms with Gasteiger partial charge in [-0.1, -0.05) is 6.07 Å². The van der Waals surface area contributed by atoms with Gasteiger partial charge < -0.3 is 10.8 Å². The van der Waals surface area contributed by atoms with Crippen LogP contribution < -0.4 is 5.73 Å². The van der Waals surface area contributed by atoms with Gasteiger partial charge in [0.25, 0.3) is 0 Å². The van der Waals surface area contributed by atoms with Crippen LogP contribution in [0.1, 0.15) is 10.5 Å². The van der Waals surface area contributed by atoms with Gasteiger partial charge in [-0.15, -0.1) is 5.10 Å². The van der Waals surface area contributed by atoms with Crippen molar-refractivity contribution >= 4 is 17.6 Å². The van der Waals surface area contributed by atoms with E-state index in [1.807, 2.05) is 0 Å². The van der Waals surface area contributed by atoms with E-state index in [4.69, 9.17) is 5.73 Å². The summed E-state index contributed by atoms with van der Waals surface area (Å²) in [6.07, 6.45) is 1.60. The minimum atomic E-state index is -1.11. The smallest absolute Gasteiger partial charge is 0.355 e. The molecule has 0 unspecified atom stereocenters. The molecule has 3 N–H and O–H groups in total. The molecule has 3 rings (SSSR count). The quantitative estimate of drug-likeness (QED) is 0.709. The Balaban J connectivity index is 2.36. The highest BCUT2D eigenvalue weighted by molar-refractivity contribution is 5.94. The molecule has 94 valence electrons. The predicted molar refractivity (Wildman–Crippen MR) is 67.6 cm³/mol. The van der Waals surface area contributed by atoms with Crippen LogP contribution in [0, 0.1) is 0 Å². The van der Waals surface area contributed by atoms with Crippen molar-refractivity contribution in [1.82, 2.24) is 19.6 Å². The van der Waals surface area contributed by atoms with Crippen molar-refractivity contribution in [2.75, 3.05) is 5.73 Å². The van der Waals surface area contributed by atoms with E-state index < -0.39 is 5.97 Å². The highest BCUT2D eigenvalue weighted by atomic mass is 16.4. The molecule has 0 bridgehead atoms. The Morgan fingerprint density at radius 3 is 2.79 bits per heavy atom. The number of aromatic nitrogens is 4. The molecule has 0 atom stereocenters. The number of aromatic carboxylic acids is 1. The molecule has 7 nitrogen and oxygen atoms in total. The first kappa shape index (κ1) is 11.1. The Morgan fingerprint density at radius 2 is 2.11 bits per heavy atom. The lowest BCUT2D eigenvalue weighted by molar-refractivity contribution is 0.0688. The molecule has 7 heteroatoms. The molecule has 0 aliphatic rings. The zero-order chi connectivity index (χ0) is 13.4. The molecule has 0 aliphatic heterocycles. The molecular formula is C12H9N5O2. The van der Waals surface area contributed by atoms with Crippen LogP contribution in [0.2, 0.25) is 0 Å². The van der Waals surface area contributed by atoms with E-state index in [9.17, 15) is 9.90 Å². The largest absolute Gasteiger partial charge is 0.476 e. The number of nitrogens with two attached hydrogens (primary N) is 1. The molecule has 19 heavy (non-hydrogen) atoms. The highest BCUT2D eigenvalue weighted by Crippen LogP contribution is 2.22. The lowest BCUT2D eigenvalue weighted by Gasteiger charge is -2.06. The van der Waals surface area contributed by atoms with Crippen LogP contribution in [0.25, 0.3) is 16.9 Å². The first-order valence-electron chi connectivity index (χ1n) is 5.47. The van der Waals surface area contributed by atoms with Gasteiger partial charge in [0.15, 0.2) is 11.3 Å². The van der Waals surface area contributed by atoms with Crippen molar-refractivity contribution in [3.63, 3.8) is 0 Å². The number of nitrogen functional groups attached to an aromatic ring is 1. The average molecular weight is 255 g/mol. The number of carboxylic acid groups (broad SMARTS) is 1. The van der Waals surface area contributed by atoms with Crippen molar-refractivity contribution < 1.29 is 9.90 Å². The zero-order valence-electron chi connectivity index (χ0n) is 9.69. The summed E-state index contributed by atoms with van der Waals surface area (Å²) in [7, 11) is 0. The molecule has 0 fully saturated rings. The Kier molecular flexibility index (Phi) is 2.38.